The van der Waals surface area contributed by atoms with E-state index in [-0.39, 0.29) is 11.9 Å². The number of hydrogen-bond donors (Lipinski definition) is 1. The molecule has 1 fully saturated rings. The number of carbonyl (C=O) groups excluding carboxylic acids is 1. The van der Waals surface area contributed by atoms with Crippen LogP contribution in [0.4, 0.5) is 0 Å². The second kappa shape index (κ2) is 7.42. The standard InChI is InChI=1S/C17H19N5OS3/c1-11(22-14(19-20-17(22)24)13-6-4-9-25-13)16(23)21-8-3-2-5-12(21)15-18-7-10-26-15/h4,6-7,9-12H,2-3,5,8H2,1H3,(H,20,24). The predicted molar refractivity (Wildman–Crippen MR) is 106 cm³/mol. The van der Waals surface area contributed by atoms with E-state index in [1.54, 1.807) is 22.7 Å². The molecule has 1 amide bonds. The van der Waals surface area contributed by atoms with Gasteiger partial charge in [0.05, 0.1) is 10.9 Å². The first kappa shape index (κ1) is 17.6. The van der Waals surface area contributed by atoms with Crippen LogP contribution in [0, 0.1) is 4.77 Å². The summed E-state index contributed by atoms with van der Waals surface area (Å²) in [7, 11) is 0. The molecular formula is C17H19N5OS3. The average Bonchev–Trinajstić information content (AvgIpc) is 3.41. The molecule has 1 N–H and O–H groups in total. The molecule has 136 valence electrons. The zero-order valence-corrected chi connectivity index (χ0v) is 16.7. The molecule has 0 radical (unpaired) electrons. The molecule has 26 heavy (non-hydrogen) atoms. The van der Waals surface area contributed by atoms with Crippen LogP contribution < -0.4 is 0 Å². The smallest absolute Gasteiger partial charge is 0.246 e. The van der Waals surface area contributed by atoms with Crippen LogP contribution in [0.25, 0.3) is 10.7 Å². The van der Waals surface area contributed by atoms with Crippen molar-refractivity contribution in [2.75, 3.05) is 6.54 Å². The van der Waals surface area contributed by atoms with E-state index in [4.69, 9.17) is 12.2 Å². The number of likely N-dealkylation sites (tertiary alicyclic amines) is 1. The molecule has 1 aliphatic heterocycles. The third-order valence-corrected chi connectivity index (χ3v) is 6.74. The van der Waals surface area contributed by atoms with E-state index in [9.17, 15) is 4.79 Å². The van der Waals surface area contributed by atoms with Crippen molar-refractivity contribution in [3.05, 3.63) is 38.9 Å². The topological polar surface area (TPSA) is 66.8 Å². The van der Waals surface area contributed by atoms with Crippen LogP contribution in [0.5, 0.6) is 0 Å². The van der Waals surface area contributed by atoms with Gasteiger partial charge in [0.15, 0.2) is 10.6 Å². The van der Waals surface area contributed by atoms with Gasteiger partial charge in [-0.05, 0) is 49.9 Å². The number of hydrogen-bond acceptors (Lipinski definition) is 6. The fraction of sp³-hybridized carbons (Fsp3) is 0.412. The highest BCUT2D eigenvalue weighted by Gasteiger charge is 2.33. The van der Waals surface area contributed by atoms with Gasteiger partial charge < -0.3 is 4.90 Å². The van der Waals surface area contributed by atoms with Crippen LogP contribution in [0.2, 0.25) is 0 Å². The number of aromatic amines is 1. The van der Waals surface area contributed by atoms with Crippen molar-refractivity contribution in [3.63, 3.8) is 0 Å². The Labute approximate surface area is 164 Å². The molecule has 0 aromatic carbocycles. The molecular weight excluding hydrogens is 386 g/mol. The average molecular weight is 406 g/mol. The Kier molecular flexibility index (Phi) is 5.01. The second-order valence-corrected chi connectivity index (χ2v) is 8.55. The summed E-state index contributed by atoms with van der Waals surface area (Å²) in [5.74, 6) is 0.786. The highest BCUT2D eigenvalue weighted by Crippen LogP contribution is 2.34. The van der Waals surface area contributed by atoms with Crippen molar-refractivity contribution in [2.45, 2.75) is 38.3 Å². The Bertz CT molecular complexity index is 928. The first-order chi connectivity index (χ1) is 12.7. The number of nitrogens with zero attached hydrogens (tertiary/aromatic N) is 4. The minimum absolute atomic E-state index is 0.0601. The second-order valence-electron chi connectivity index (χ2n) is 6.29. The molecule has 1 saturated heterocycles. The van der Waals surface area contributed by atoms with Gasteiger partial charge in [-0.3, -0.25) is 14.5 Å². The zero-order chi connectivity index (χ0) is 18.1. The number of nitrogens with one attached hydrogen (secondary N) is 1. The van der Waals surface area contributed by atoms with Gasteiger partial charge in [-0.15, -0.1) is 22.7 Å². The van der Waals surface area contributed by atoms with Crippen molar-refractivity contribution >= 4 is 40.8 Å². The molecule has 2 unspecified atom stereocenters. The first-order valence-electron chi connectivity index (χ1n) is 8.57. The molecule has 0 bridgehead atoms. The summed E-state index contributed by atoms with van der Waals surface area (Å²) < 4.78 is 2.30. The van der Waals surface area contributed by atoms with Gasteiger partial charge in [0.2, 0.25) is 5.91 Å². The predicted octanol–water partition coefficient (Wildman–Crippen LogP) is 4.44. The maximum Gasteiger partial charge on any atom is 0.246 e. The lowest BCUT2D eigenvalue weighted by Crippen LogP contribution is -2.42. The van der Waals surface area contributed by atoms with Crippen LogP contribution in [0.15, 0.2) is 29.1 Å². The van der Waals surface area contributed by atoms with Crippen molar-refractivity contribution in [1.29, 1.82) is 0 Å². The molecule has 1 aliphatic rings. The molecule has 9 heteroatoms. The largest absolute Gasteiger partial charge is 0.331 e. The Hall–Kier alpha value is -1.84. The summed E-state index contributed by atoms with van der Waals surface area (Å²) in [4.78, 5) is 20.8. The number of H-pyrrole nitrogens is 1. The lowest BCUT2D eigenvalue weighted by Gasteiger charge is -2.36. The summed E-state index contributed by atoms with van der Waals surface area (Å²) >= 11 is 8.62. The molecule has 4 heterocycles. The van der Waals surface area contributed by atoms with Gasteiger partial charge in [-0.25, -0.2) is 4.98 Å². The van der Waals surface area contributed by atoms with Gasteiger partial charge in [-0.1, -0.05) is 6.07 Å². The lowest BCUT2D eigenvalue weighted by molar-refractivity contribution is -0.138. The molecule has 4 rings (SSSR count). The monoisotopic (exact) mass is 405 g/mol. The van der Waals surface area contributed by atoms with Gasteiger partial charge in [0.25, 0.3) is 0 Å². The van der Waals surface area contributed by atoms with Crippen LogP contribution in [-0.4, -0.2) is 37.1 Å². The van der Waals surface area contributed by atoms with E-state index in [2.05, 4.69) is 15.2 Å². The number of thiazole rings is 1. The SMILES string of the molecule is CC(C(=O)N1CCCCC1c1nccs1)n1c(-c2cccs2)n[nH]c1=S. The van der Waals surface area contributed by atoms with Gasteiger partial charge in [0.1, 0.15) is 11.0 Å². The highest BCUT2D eigenvalue weighted by molar-refractivity contribution is 7.71. The van der Waals surface area contributed by atoms with Gasteiger partial charge >= 0.3 is 0 Å². The fourth-order valence-electron chi connectivity index (χ4n) is 3.45. The summed E-state index contributed by atoms with van der Waals surface area (Å²) in [6, 6.07) is 3.60. The molecule has 0 aliphatic carbocycles. The minimum Gasteiger partial charge on any atom is -0.331 e. The molecule has 3 aromatic rings. The minimum atomic E-state index is -0.418. The Morgan fingerprint density at radius 3 is 3.00 bits per heavy atom. The Morgan fingerprint density at radius 2 is 2.27 bits per heavy atom. The third-order valence-electron chi connectivity index (χ3n) is 4.71. The Balaban J connectivity index is 1.66. The Morgan fingerprint density at radius 1 is 1.38 bits per heavy atom. The third kappa shape index (κ3) is 3.15. The molecule has 0 saturated carbocycles. The number of rotatable bonds is 4. The summed E-state index contributed by atoms with van der Waals surface area (Å²) in [5.41, 5.74) is 0. The lowest BCUT2D eigenvalue weighted by atomic mass is 10.0. The maximum atomic E-state index is 13.4. The van der Waals surface area contributed by atoms with Crippen LogP contribution in [0.3, 0.4) is 0 Å². The normalized spacial score (nSPS) is 18.8. The summed E-state index contributed by atoms with van der Waals surface area (Å²) in [6.07, 6.45) is 4.91. The number of amides is 1. The van der Waals surface area contributed by atoms with Crippen molar-refractivity contribution < 1.29 is 4.79 Å². The van der Waals surface area contributed by atoms with E-state index in [0.717, 1.165) is 35.7 Å². The van der Waals surface area contributed by atoms with Gasteiger partial charge in [0, 0.05) is 18.1 Å². The summed E-state index contributed by atoms with van der Waals surface area (Å²) in [6.45, 7) is 2.66. The number of carbonyl (C=O) groups is 1. The van der Waals surface area contributed by atoms with Gasteiger partial charge in [-0.2, -0.15) is 5.10 Å². The molecule has 0 spiro atoms. The van der Waals surface area contributed by atoms with E-state index in [1.165, 1.54) is 0 Å². The number of aromatic nitrogens is 4. The van der Waals surface area contributed by atoms with Crippen molar-refractivity contribution in [3.8, 4) is 10.7 Å². The summed E-state index contributed by atoms with van der Waals surface area (Å²) in [5, 5.41) is 12.2. The van der Waals surface area contributed by atoms with Crippen LogP contribution >= 0.6 is 34.9 Å². The molecule has 2 atom stereocenters. The van der Waals surface area contributed by atoms with E-state index >= 15 is 0 Å². The first-order valence-corrected chi connectivity index (χ1v) is 10.7. The number of piperidine rings is 1. The highest BCUT2D eigenvalue weighted by atomic mass is 32.1. The van der Waals surface area contributed by atoms with E-state index in [0.29, 0.717) is 10.6 Å². The van der Waals surface area contributed by atoms with Crippen LogP contribution in [-0.2, 0) is 4.79 Å². The fourth-order valence-corrected chi connectivity index (χ4v) is 5.23. The van der Waals surface area contributed by atoms with Crippen molar-refractivity contribution in [2.24, 2.45) is 0 Å². The maximum absolute atomic E-state index is 13.4. The quantitative estimate of drug-likeness (QED) is 0.652. The zero-order valence-electron chi connectivity index (χ0n) is 14.3. The van der Waals surface area contributed by atoms with Crippen LogP contribution in [0.1, 0.15) is 43.3 Å². The number of thiophene rings is 1. The van der Waals surface area contributed by atoms with E-state index in [1.807, 2.05) is 45.5 Å². The van der Waals surface area contributed by atoms with E-state index < -0.39 is 6.04 Å². The van der Waals surface area contributed by atoms with Crippen molar-refractivity contribution in [1.82, 2.24) is 24.6 Å². The molecule has 6 nitrogen and oxygen atoms in total. The molecule has 3 aromatic heterocycles.